The van der Waals surface area contributed by atoms with Crippen molar-refractivity contribution in [2.24, 2.45) is 5.92 Å². The van der Waals surface area contributed by atoms with Crippen LogP contribution < -0.4 is 0 Å². The lowest BCUT2D eigenvalue weighted by Gasteiger charge is -2.31. The molecule has 0 aliphatic carbocycles. The Labute approximate surface area is 199 Å². The van der Waals surface area contributed by atoms with Crippen molar-refractivity contribution in [1.29, 1.82) is 0 Å². The van der Waals surface area contributed by atoms with Crippen molar-refractivity contribution < 1.29 is 10.2 Å². The molecule has 2 nitrogen and oxygen atoms in total. The molecule has 0 aliphatic heterocycles. The van der Waals surface area contributed by atoms with Gasteiger partial charge < -0.3 is 10.2 Å². The Kier molecular flexibility index (Phi) is 16.4. The molecule has 0 saturated heterocycles. The Morgan fingerprint density at radius 2 is 1.06 bits per heavy atom. The van der Waals surface area contributed by atoms with E-state index in [0.717, 1.165) is 51.4 Å². The molecule has 0 heterocycles. The van der Waals surface area contributed by atoms with E-state index >= 15 is 0 Å². The zero-order chi connectivity index (χ0) is 24.6. The molecule has 0 bridgehead atoms. The summed E-state index contributed by atoms with van der Waals surface area (Å²) in [5, 5.41) is 20.9. The average molecular weight is 445 g/mol. The Bertz CT molecular complexity index is 663. The second-order valence-electron chi connectivity index (χ2n) is 10.3. The van der Waals surface area contributed by atoms with Crippen LogP contribution in [0, 0.1) is 5.92 Å². The molecule has 184 valence electrons. The molecule has 0 aromatic rings. The van der Waals surface area contributed by atoms with Gasteiger partial charge in [0.25, 0.3) is 0 Å². The number of hydrogen-bond donors (Lipinski definition) is 2. The molecule has 0 rings (SSSR count). The Morgan fingerprint density at radius 1 is 0.656 bits per heavy atom. The second-order valence-corrected chi connectivity index (χ2v) is 10.3. The third-order valence-electron chi connectivity index (χ3n) is 6.21. The molecule has 0 aromatic heterocycles. The lowest BCUT2D eigenvalue weighted by atomic mass is 9.82. The Balaban J connectivity index is 4.55. The van der Waals surface area contributed by atoms with Crippen LogP contribution in [0.4, 0.5) is 0 Å². The van der Waals surface area contributed by atoms with Crippen LogP contribution in [0.3, 0.4) is 0 Å². The SMILES string of the molecule is CC(C)=CCC/C(C)=C/CC/C(C)=C/CC(CO)C(C)(O)CC/C=C(\C)CCC=C(C)C. The fourth-order valence-electron chi connectivity index (χ4n) is 3.71. The van der Waals surface area contributed by atoms with Crippen molar-refractivity contribution >= 4 is 0 Å². The largest absolute Gasteiger partial charge is 0.396 e. The second kappa shape index (κ2) is 17.1. The molecular formula is C30H52O2. The summed E-state index contributed by atoms with van der Waals surface area (Å²) < 4.78 is 0. The quantitative estimate of drug-likeness (QED) is 0.234. The first kappa shape index (κ1) is 30.6. The van der Waals surface area contributed by atoms with E-state index in [2.05, 4.69) is 78.8 Å². The van der Waals surface area contributed by atoms with E-state index in [1.54, 1.807) is 0 Å². The van der Waals surface area contributed by atoms with Crippen LogP contribution in [0.25, 0.3) is 0 Å². The lowest BCUT2D eigenvalue weighted by molar-refractivity contribution is -0.0289. The van der Waals surface area contributed by atoms with E-state index in [1.165, 1.54) is 27.9 Å². The van der Waals surface area contributed by atoms with E-state index < -0.39 is 5.60 Å². The lowest BCUT2D eigenvalue weighted by Crippen LogP contribution is -2.36. The standard InChI is InChI=1S/C30H52O2/c1-24(2)13-9-15-26(5)17-11-18-28(7)20-21-29(23-31)30(8,32)22-12-19-27(6)16-10-14-25(3)4/h13-14,17,19-20,29,31-32H,9-12,15-16,18,21-23H2,1-8H3/b26-17+,27-19+,28-20+. The monoisotopic (exact) mass is 444 g/mol. The van der Waals surface area contributed by atoms with Crippen LogP contribution in [-0.4, -0.2) is 22.4 Å². The summed E-state index contributed by atoms with van der Waals surface area (Å²) in [5.74, 6) is -0.127. The van der Waals surface area contributed by atoms with Gasteiger partial charge in [0.05, 0.1) is 5.60 Å². The smallest absolute Gasteiger partial charge is 0.0675 e. The van der Waals surface area contributed by atoms with Crippen molar-refractivity contribution in [3.05, 3.63) is 58.2 Å². The van der Waals surface area contributed by atoms with Crippen molar-refractivity contribution in [2.45, 2.75) is 119 Å². The van der Waals surface area contributed by atoms with Crippen LogP contribution in [0.1, 0.15) is 113 Å². The minimum absolute atomic E-state index is 0.0173. The molecule has 0 fully saturated rings. The summed E-state index contributed by atoms with van der Waals surface area (Å²) in [5.41, 5.74) is 6.05. The van der Waals surface area contributed by atoms with Gasteiger partial charge >= 0.3 is 0 Å². The van der Waals surface area contributed by atoms with Gasteiger partial charge in [-0.1, -0.05) is 58.2 Å². The van der Waals surface area contributed by atoms with Crippen molar-refractivity contribution in [1.82, 2.24) is 0 Å². The minimum Gasteiger partial charge on any atom is -0.396 e. The van der Waals surface area contributed by atoms with Gasteiger partial charge in [-0.25, -0.2) is 0 Å². The van der Waals surface area contributed by atoms with E-state index in [4.69, 9.17) is 0 Å². The molecule has 0 amide bonds. The molecule has 0 radical (unpaired) electrons. The number of rotatable bonds is 16. The summed E-state index contributed by atoms with van der Waals surface area (Å²) >= 11 is 0. The highest BCUT2D eigenvalue weighted by Crippen LogP contribution is 2.27. The molecule has 2 N–H and O–H groups in total. The van der Waals surface area contributed by atoms with Gasteiger partial charge in [0, 0.05) is 12.5 Å². The summed E-state index contributed by atoms with van der Waals surface area (Å²) in [4.78, 5) is 0. The molecule has 0 aromatic carbocycles. The fourth-order valence-corrected chi connectivity index (χ4v) is 3.71. The maximum Gasteiger partial charge on any atom is 0.0675 e. The number of aliphatic hydroxyl groups is 2. The van der Waals surface area contributed by atoms with Gasteiger partial charge in [-0.2, -0.15) is 0 Å². The van der Waals surface area contributed by atoms with E-state index in [9.17, 15) is 10.2 Å². The molecule has 2 unspecified atom stereocenters. The molecule has 0 spiro atoms. The van der Waals surface area contributed by atoms with Crippen molar-refractivity contribution in [3.63, 3.8) is 0 Å². The number of aliphatic hydroxyl groups excluding tert-OH is 1. The normalized spacial score (nSPS) is 15.9. The topological polar surface area (TPSA) is 40.5 Å². The first-order valence-electron chi connectivity index (χ1n) is 12.5. The maximum atomic E-state index is 11.0. The van der Waals surface area contributed by atoms with Crippen LogP contribution in [-0.2, 0) is 0 Å². The van der Waals surface area contributed by atoms with Gasteiger partial charge in [-0.3, -0.25) is 0 Å². The molecule has 32 heavy (non-hydrogen) atoms. The predicted octanol–water partition coefficient (Wildman–Crippen LogP) is 8.63. The number of allylic oxidation sites excluding steroid dienone is 10. The van der Waals surface area contributed by atoms with Gasteiger partial charge in [0.1, 0.15) is 0 Å². The van der Waals surface area contributed by atoms with Gasteiger partial charge in [0.15, 0.2) is 0 Å². The predicted molar refractivity (Wildman–Crippen MR) is 143 cm³/mol. The molecule has 0 aliphatic rings. The molecule has 2 heteroatoms. The minimum atomic E-state index is -0.858. The highest BCUT2D eigenvalue weighted by molar-refractivity contribution is 5.07. The number of hydrogen-bond acceptors (Lipinski definition) is 2. The first-order valence-corrected chi connectivity index (χ1v) is 12.5. The van der Waals surface area contributed by atoms with Gasteiger partial charge in [0.2, 0.25) is 0 Å². The summed E-state index contributed by atoms with van der Waals surface area (Å²) in [6, 6.07) is 0. The zero-order valence-corrected chi connectivity index (χ0v) is 22.4. The van der Waals surface area contributed by atoms with Crippen LogP contribution in [0.2, 0.25) is 0 Å². The van der Waals surface area contributed by atoms with E-state index in [-0.39, 0.29) is 12.5 Å². The summed E-state index contributed by atoms with van der Waals surface area (Å²) in [6.07, 6.45) is 20.1. The van der Waals surface area contributed by atoms with Crippen LogP contribution >= 0.6 is 0 Å². The average Bonchev–Trinajstić information content (AvgIpc) is 2.67. The summed E-state index contributed by atoms with van der Waals surface area (Å²) in [7, 11) is 0. The van der Waals surface area contributed by atoms with Crippen LogP contribution in [0.15, 0.2) is 58.2 Å². The van der Waals surface area contributed by atoms with Crippen molar-refractivity contribution in [3.8, 4) is 0 Å². The van der Waals surface area contributed by atoms with Crippen molar-refractivity contribution in [2.75, 3.05) is 6.61 Å². The highest BCUT2D eigenvalue weighted by atomic mass is 16.3. The Morgan fingerprint density at radius 3 is 1.50 bits per heavy atom. The highest BCUT2D eigenvalue weighted by Gasteiger charge is 2.29. The zero-order valence-electron chi connectivity index (χ0n) is 22.4. The fraction of sp³-hybridized carbons (Fsp3) is 0.667. The third kappa shape index (κ3) is 16.3. The molecular weight excluding hydrogens is 392 g/mol. The molecule has 0 saturated carbocycles. The third-order valence-corrected chi connectivity index (χ3v) is 6.21. The van der Waals surface area contributed by atoms with Gasteiger partial charge in [-0.15, -0.1) is 0 Å². The first-order chi connectivity index (χ1) is 15.0. The van der Waals surface area contributed by atoms with E-state index in [0.29, 0.717) is 6.42 Å². The maximum absolute atomic E-state index is 11.0. The summed E-state index contributed by atoms with van der Waals surface area (Å²) in [6.45, 7) is 17.0. The van der Waals surface area contributed by atoms with E-state index in [1.807, 2.05) is 6.92 Å². The van der Waals surface area contributed by atoms with Gasteiger partial charge in [-0.05, 0) is 113 Å². The molecule has 2 atom stereocenters. The Hall–Kier alpha value is -1.38. The van der Waals surface area contributed by atoms with Crippen LogP contribution in [0.5, 0.6) is 0 Å².